The van der Waals surface area contributed by atoms with E-state index in [0.717, 1.165) is 0 Å². The lowest BCUT2D eigenvalue weighted by Gasteiger charge is -2.16. The highest BCUT2D eigenvalue weighted by molar-refractivity contribution is 5.86. The number of halogens is 4. The fourth-order valence-electron chi connectivity index (χ4n) is 3.05. The maximum Gasteiger partial charge on any atom is 0.340 e. The topological polar surface area (TPSA) is 122 Å². The van der Waals surface area contributed by atoms with Gasteiger partial charge in [-0.1, -0.05) is 0 Å². The summed E-state index contributed by atoms with van der Waals surface area (Å²) in [7, 11) is 0. The fraction of sp³-hybridized carbons (Fsp3) is 0.429. The summed E-state index contributed by atoms with van der Waals surface area (Å²) < 4.78 is 57.1. The molecule has 0 aromatic carbocycles. The van der Waals surface area contributed by atoms with Crippen molar-refractivity contribution in [2.24, 2.45) is 0 Å². The highest BCUT2D eigenvalue weighted by Crippen LogP contribution is 2.25. The predicted molar refractivity (Wildman–Crippen MR) is 112 cm³/mol. The number of aryl methyl sites for hydroxylation is 1. The van der Waals surface area contributed by atoms with E-state index in [1.54, 1.807) is 29.9 Å². The van der Waals surface area contributed by atoms with Crippen LogP contribution in [0.1, 0.15) is 16.8 Å². The third kappa shape index (κ3) is 6.38. The molecule has 3 N–H and O–H groups in total. The molecule has 9 nitrogen and oxygen atoms in total. The number of aliphatic hydroxyl groups is 2. The van der Waals surface area contributed by atoms with Gasteiger partial charge in [0.2, 0.25) is 11.8 Å². The fourth-order valence-corrected chi connectivity index (χ4v) is 3.05. The second kappa shape index (κ2) is 10.7. The molecule has 1 atom stereocenters. The first-order valence-electron chi connectivity index (χ1n) is 10.2. The van der Waals surface area contributed by atoms with Crippen LogP contribution in [-0.4, -0.2) is 74.1 Å². The molecule has 3 rings (SSSR count). The molecule has 0 bridgehead atoms. The van der Waals surface area contributed by atoms with Crippen LogP contribution in [0.15, 0.2) is 30.7 Å². The average molecular weight is 485 g/mol. The molecule has 1 amide bonds. The van der Waals surface area contributed by atoms with Crippen LogP contribution in [0.5, 0.6) is 5.88 Å². The van der Waals surface area contributed by atoms with Crippen molar-refractivity contribution < 1.29 is 37.3 Å². The van der Waals surface area contributed by atoms with Gasteiger partial charge in [0.1, 0.15) is 0 Å². The number of nitrogens with one attached hydrogen (secondary N) is 1. The summed E-state index contributed by atoms with van der Waals surface area (Å²) in [4.78, 5) is 20.3. The van der Waals surface area contributed by atoms with Gasteiger partial charge in [0, 0.05) is 36.1 Å². The van der Waals surface area contributed by atoms with Crippen LogP contribution >= 0.6 is 0 Å². The van der Waals surface area contributed by atoms with E-state index in [1.807, 2.05) is 0 Å². The molecule has 0 saturated carbocycles. The lowest BCUT2D eigenvalue weighted by molar-refractivity contribution is -0.148. The highest BCUT2D eigenvalue weighted by atomic mass is 19.3. The number of pyridine rings is 2. The molecule has 0 aliphatic rings. The van der Waals surface area contributed by atoms with E-state index >= 15 is 0 Å². The molecule has 0 aliphatic heterocycles. The first-order valence-corrected chi connectivity index (χ1v) is 10.2. The van der Waals surface area contributed by atoms with Crippen molar-refractivity contribution >= 4 is 16.8 Å². The first kappa shape index (κ1) is 25.3. The Morgan fingerprint density at radius 2 is 2.09 bits per heavy atom. The number of amides is 1. The van der Waals surface area contributed by atoms with Crippen LogP contribution in [0.2, 0.25) is 0 Å². The highest BCUT2D eigenvalue weighted by Gasteiger charge is 2.42. The van der Waals surface area contributed by atoms with Gasteiger partial charge in [-0.3, -0.25) is 14.5 Å². The zero-order valence-corrected chi connectivity index (χ0v) is 18.1. The maximum atomic E-state index is 13.1. The molecule has 184 valence electrons. The minimum Gasteiger partial charge on any atom is -0.471 e. The summed E-state index contributed by atoms with van der Waals surface area (Å²) in [5.74, 6) is -4.82. The Balaban J connectivity index is 1.69. The second-order valence-electron chi connectivity index (χ2n) is 7.65. The molecule has 3 aromatic rings. The van der Waals surface area contributed by atoms with E-state index in [1.165, 1.54) is 12.4 Å². The van der Waals surface area contributed by atoms with E-state index < -0.39 is 31.7 Å². The predicted octanol–water partition coefficient (Wildman–Crippen LogP) is 1.47. The Morgan fingerprint density at radius 3 is 2.76 bits per heavy atom. The lowest BCUT2D eigenvalue weighted by Crippen LogP contribution is -2.34. The van der Waals surface area contributed by atoms with Crippen LogP contribution in [0.25, 0.3) is 10.9 Å². The van der Waals surface area contributed by atoms with Gasteiger partial charge in [0.15, 0.2) is 6.61 Å². The second-order valence-corrected chi connectivity index (χ2v) is 7.65. The van der Waals surface area contributed by atoms with Crippen molar-refractivity contribution in [1.82, 2.24) is 25.1 Å². The molecule has 34 heavy (non-hydrogen) atoms. The van der Waals surface area contributed by atoms with Gasteiger partial charge in [-0.25, -0.2) is 13.8 Å². The molecule has 0 unspecified atom stereocenters. The molecule has 13 heteroatoms. The minimum atomic E-state index is -4.27. The van der Waals surface area contributed by atoms with Crippen LogP contribution < -0.4 is 10.1 Å². The largest absolute Gasteiger partial charge is 0.471 e. The molecule has 0 fully saturated rings. The number of nitrogens with zero attached hydrogens (tertiary/aromatic N) is 4. The monoisotopic (exact) mass is 485 g/mol. The number of hydrogen-bond donors (Lipinski definition) is 3. The Morgan fingerprint density at radius 1 is 1.32 bits per heavy atom. The summed E-state index contributed by atoms with van der Waals surface area (Å²) >= 11 is 0. The molecule has 0 saturated heterocycles. The van der Waals surface area contributed by atoms with Gasteiger partial charge in [-0.2, -0.15) is 13.9 Å². The van der Waals surface area contributed by atoms with E-state index in [-0.39, 0.29) is 31.3 Å². The number of fused-ring (bicyclic) bond motifs is 1. The van der Waals surface area contributed by atoms with Crippen molar-refractivity contribution in [3.05, 3.63) is 47.5 Å². The van der Waals surface area contributed by atoms with E-state index in [9.17, 15) is 27.5 Å². The van der Waals surface area contributed by atoms with Crippen LogP contribution in [-0.2, 0) is 17.8 Å². The molecule has 0 aliphatic carbocycles. The van der Waals surface area contributed by atoms with Crippen molar-refractivity contribution in [1.29, 1.82) is 0 Å². The summed E-state index contributed by atoms with van der Waals surface area (Å²) in [5.41, 5.74) is 2.11. The number of hydrogen-bond acceptors (Lipinski definition) is 7. The Labute approximate surface area is 191 Å². The number of carbonyl (C=O) groups excluding carboxylic acids is 1. The normalized spacial score (nSPS) is 12.8. The zero-order valence-electron chi connectivity index (χ0n) is 18.1. The molecular formula is C21H23F4N5O4. The van der Waals surface area contributed by atoms with Gasteiger partial charge in [0.25, 0.3) is 0 Å². The van der Waals surface area contributed by atoms with Crippen LogP contribution in [0, 0.1) is 6.92 Å². The standard InChI is InChI=1S/C21H23F4N5O4/c1-12-4-13(6-28-19(12)34-11-21(24,25)20(22)23)8-30-9-15-16(29-30)2-3-26-17(15)5-18(33)27-7-14(32)10-31/h2-4,6,9,14,20,31-32H,5,7-8,10-11H2,1H3,(H,27,33)/t14-/m0/s1. The maximum absolute atomic E-state index is 13.1. The molecule has 3 heterocycles. The number of ether oxygens (including phenoxy) is 1. The van der Waals surface area contributed by atoms with Gasteiger partial charge < -0.3 is 20.3 Å². The van der Waals surface area contributed by atoms with Crippen molar-refractivity contribution in [3.8, 4) is 5.88 Å². The number of rotatable bonds is 11. The summed E-state index contributed by atoms with van der Waals surface area (Å²) in [5, 5.41) is 25.7. The van der Waals surface area contributed by atoms with Gasteiger partial charge in [0.05, 0.1) is 36.9 Å². The smallest absolute Gasteiger partial charge is 0.340 e. The Kier molecular flexibility index (Phi) is 7.99. The SMILES string of the molecule is Cc1cc(Cn2cc3c(CC(=O)NC[C@H](O)CO)nccc3n2)cnc1OCC(F)(F)C(F)F. The molecule has 0 radical (unpaired) electrons. The first-order chi connectivity index (χ1) is 16.1. The van der Waals surface area contributed by atoms with Gasteiger partial charge in [-0.15, -0.1) is 0 Å². The molecule has 3 aromatic heterocycles. The number of aliphatic hydroxyl groups excluding tert-OH is 2. The third-order valence-corrected chi connectivity index (χ3v) is 4.79. The number of alkyl halides is 4. The summed E-state index contributed by atoms with van der Waals surface area (Å²) in [6.07, 6.45) is -0.372. The van der Waals surface area contributed by atoms with Crippen LogP contribution in [0.4, 0.5) is 17.6 Å². The van der Waals surface area contributed by atoms with Crippen LogP contribution in [0.3, 0.4) is 0 Å². The number of carbonyl (C=O) groups is 1. The third-order valence-electron chi connectivity index (χ3n) is 4.79. The van der Waals surface area contributed by atoms with Crippen molar-refractivity contribution in [2.45, 2.75) is 38.3 Å². The Hall–Kier alpha value is -3.32. The minimum absolute atomic E-state index is 0.0584. The van der Waals surface area contributed by atoms with E-state index in [4.69, 9.17) is 9.84 Å². The summed E-state index contributed by atoms with van der Waals surface area (Å²) in [6, 6.07) is 3.29. The molecular weight excluding hydrogens is 462 g/mol. The van der Waals surface area contributed by atoms with E-state index in [2.05, 4.69) is 20.4 Å². The van der Waals surface area contributed by atoms with Crippen molar-refractivity contribution in [2.75, 3.05) is 19.8 Å². The van der Waals surface area contributed by atoms with E-state index in [0.29, 0.717) is 27.7 Å². The lowest BCUT2D eigenvalue weighted by atomic mass is 10.2. The van der Waals surface area contributed by atoms with Gasteiger partial charge >= 0.3 is 12.3 Å². The number of aromatic nitrogens is 4. The quantitative estimate of drug-likeness (QED) is 0.352. The van der Waals surface area contributed by atoms with Gasteiger partial charge in [-0.05, 0) is 24.6 Å². The Bertz CT molecular complexity index is 1140. The molecule has 0 spiro atoms. The summed E-state index contributed by atoms with van der Waals surface area (Å²) in [6.45, 7) is -0.226. The average Bonchev–Trinajstić information content (AvgIpc) is 3.20. The van der Waals surface area contributed by atoms with Crippen molar-refractivity contribution in [3.63, 3.8) is 0 Å². The zero-order chi connectivity index (χ0) is 24.9.